The number of rotatable bonds is 6. The molecule has 0 fully saturated rings. The first-order valence-electron chi connectivity index (χ1n) is 7.20. The molecule has 0 bridgehead atoms. The minimum Gasteiger partial charge on any atom is -0.494 e. The summed E-state index contributed by atoms with van der Waals surface area (Å²) in [6.45, 7) is 2.05. The van der Waals surface area contributed by atoms with Crippen LogP contribution in [-0.4, -0.2) is 39.0 Å². The van der Waals surface area contributed by atoms with Crippen molar-refractivity contribution in [1.82, 2.24) is 9.55 Å². The normalized spacial score (nSPS) is 11.5. The maximum atomic E-state index is 12.2. The van der Waals surface area contributed by atoms with E-state index in [9.17, 15) is 20.0 Å². The van der Waals surface area contributed by atoms with Crippen LogP contribution >= 0.6 is 12.2 Å². The number of benzene rings is 1. The summed E-state index contributed by atoms with van der Waals surface area (Å²) in [6, 6.07) is 5.65. The lowest BCUT2D eigenvalue weighted by atomic mass is 10.2. The van der Waals surface area contributed by atoms with Gasteiger partial charge in [-0.2, -0.15) is 0 Å². The summed E-state index contributed by atoms with van der Waals surface area (Å²) in [7, 11) is 1.50. The lowest BCUT2D eigenvalue weighted by molar-refractivity contribution is -0.384. The van der Waals surface area contributed by atoms with Gasteiger partial charge >= 0.3 is 0 Å². The van der Waals surface area contributed by atoms with Crippen LogP contribution in [0.25, 0.3) is 0 Å². The summed E-state index contributed by atoms with van der Waals surface area (Å²) in [5, 5.41) is 21.2. The molecule has 132 valence electrons. The van der Waals surface area contributed by atoms with Gasteiger partial charge in [0, 0.05) is 19.2 Å². The number of aromatic amines is 1. The second-order valence-electron chi connectivity index (χ2n) is 5.08. The number of aliphatic imine (C=N–C) groups is 1. The molecule has 2 aromatic rings. The number of aromatic hydroxyl groups is 1. The predicted octanol–water partition coefficient (Wildman–Crippen LogP) is 2.31. The number of methoxy groups -OCH3 is 1. The molecule has 2 N–H and O–H groups in total. The number of hydrogen-bond acceptors (Lipinski definition) is 7. The molecule has 2 rings (SSSR count). The third-order valence-electron chi connectivity index (χ3n) is 3.39. The van der Waals surface area contributed by atoms with Gasteiger partial charge in [-0.25, -0.2) is 0 Å². The molecule has 10 heteroatoms. The van der Waals surface area contributed by atoms with Crippen LogP contribution in [0, 0.1) is 14.9 Å². The van der Waals surface area contributed by atoms with Crippen LogP contribution in [0.1, 0.15) is 12.5 Å². The minimum atomic E-state index is -0.595. The van der Waals surface area contributed by atoms with Gasteiger partial charge in [-0.1, -0.05) is 6.07 Å². The molecule has 0 aliphatic carbocycles. The van der Waals surface area contributed by atoms with Crippen LogP contribution < -0.4 is 5.56 Å². The quantitative estimate of drug-likeness (QED) is 0.351. The number of non-ortho nitro benzene ring substituents is 1. The molecule has 0 aliphatic rings. The zero-order chi connectivity index (χ0) is 18.6. The van der Waals surface area contributed by atoms with Crippen LogP contribution in [0.15, 0.2) is 34.1 Å². The maximum Gasteiger partial charge on any atom is 0.271 e. The van der Waals surface area contributed by atoms with Crippen molar-refractivity contribution < 1.29 is 14.8 Å². The monoisotopic (exact) mass is 364 g/mol. The van der Waals surface area contributed by atoms with E-state index in [4.69, 9.17) is 17.0 Å². The molecule has 25 heavy (non-hydrogen) atoms. The van der Waals surface area contributed by atoms with Gasteiger partial charge in [-0.05, 0) is 25.2 Å². The highest BCUT2D eigenvalue weighted by molar-refractivity contribution is 7.71. The Hall–Kier alpha value is -2.85. The van der Waals surface area contributed by atoms with E-state index in [-0.39, 0.29) is 46.5 Å². The van der Waals surface area contributed by atoms with E-state index in [2.05, 4.69) is 9.98 Å². The van der Waals surface area contributed by atoms with Crippen LogP contribution in [0.2, 0.25) is 0 Å². The Kier molecular flexibility index (Phi) is 5.78. The molecular formula is C15H16N4O5S. The molecule has 0 radical (unpaired) electrons. The van der Waals surface area contributed by atoms with Gasteiger partial charge in [0.15, 0.2) is 4.77 Å². The summed E-state index contributed by atoms with van der Waals surface area (Å²) in [6.07, 6.45) is 0. The van der Waals surface area contributed by atoms with Crippen molar-refractivity contribution in [1.29, 1.82) is 0 Å². The van der Waals surface area contributed by atoms with Crippen molar-refractivity contribution in [2.45, 2.75) is 13.5 Å². The average Bonchev–Trinajstić information content (AvgIpc) is 2.54. The van der Waals surface area contributed by atoms with Crippen molar-refractivity contribution in [3.63, 3.8) is 0 Å². The van der Waals surface area contributed by atoms with Crippen molar-refractivity contribution in [2.24, 2.45) is 4.99 Å². The third-order valence-corrected chi connectivity index (χ3v) is 3.71. The molecule has 0 saturated carbocycles. The van der Waals surface area contributed by atoms with Gasteiger partial charge in [0.1, 0.15) is 5.56 Å². The first-order chi connectivity index (χ1) is 11.8. The summed E-state index contributed by atoms with van der Waals surface area (Å²) in [4.78, 5) is 29.1. The van der Waals surface area contributed by atoms with Crippen molar-refractivity contribution in [2.75, 3.05) is 13.7 Å². The second kappa shape index (κ2) is 7.81. The summed E-state index contributed by atoms with van der Waals surface area (Å²) >= 11 is 5.04. The standard InChI is InChI=1S/C15H16N4O5S/c1-9(16-10-4-3-5-11(8-10)19(22)23)12-13(20)17-15(25)18(14(12)21)6-7-24-2/h3-5,8,21H,6-7H2,1-2H3,(H,17,20,25). The number of H-pyrrole nitrogens is 1. The van der Waals surface area contributed by atoms with E-state index in [1.54, 1.807) is 6.07 Å². The van der Waals surface area contributed by atoms with Crippen molar-refractivity contribution in [3.8, 4) is 5.88 Å². The SMILES string of the molecule is COCCn1c(O)c(C(C)=Nc2cccc([N+](=O)[O-])c2)c(=O)[nH]c1=S. The highest BCUT2D eigenvalue weighted by atomic mass is 32.1. The van der Waals surface area contributed by atoms with Crippen LogP contribution in [0.3, 0.4) is 0 Å². The first-order valence-corrected chi connectivity index (χ1v) is 7.61. The van der Waals surface area contributed by atoms with Gasteiger partial charge in [-0.15, -0.1) is 0 Å². The molecule has 0 unspecified atom stereocenters. The largest absolute Gasteiger partial charge is 0.494 e. The zero-order valence-corrected chi connectivity index (χ0v) is 14.4. The fourth-order valence-electron chi connectivity index (χ4n) is 2.20. The predicted molar refractivity (Wildman–Crippen MR) is 94.4 cm³/mol. The molecule has 1 heterocycles. The lowest BCUT2D eigenvalue weighted by Crippen LogP contribution is -2.22. The molecular weight excluding hydrogens is 348 g/mol. The highest BCUT2D eigenvalue weighted by Crippen LogP contribution is 2.22. The first kappa shape index (κ1) is 18.5. The Morgan fingerprint density at radius 2 is 2.24 bits per heavy atom. The number of nitrogens with zero attached hydrogens (tertiary/aromatic N) is 3. The fourth-order valence-corrected chi connectivity index (χ4v) is 2.47. The Morgan fingerprint density at radius 1 is 1.52 bits per heavy atom. The van der Waals surface area contributed by atoms with Gasteiger partial charge in [0.2, 0.25) is 5.88 Å². The average molecular weight is 364 g/mol. The van der Waals surface area contributed by atoms with Gasteiger partial charge in [0.25, 0.3) is 11.2 Å². The van der Waals surface area contributed by atoms with E-state index in [1.165, 1.54) is 36.8 Å². The van der Waals surface area contributed by atoms with E-state index >= 15 is 0 Å². The number of nitro benzene ring substituents is 1. The Morgan fingerprint density at radius 3 is 2.88 bits per heavy atom. The Bertz CT molecular complexity index is 948. The fraction of sp³-hybridized carbons (Fsp3) is 0.267. The van der Waals surface area contributed by atoms with Crippen molar-refractivity contribution in [3.05, 3.63) is 55.1 Å². The molecule has 0 spiro atoms. The van der Waals surface area contributed by atoms with Crippen molar-refractivity contribution >= 4 is 29.3 Å². The van der Waals surface area contributed by atoms with E-state index < -0.39 is 10.5 Å². The topological polar surface area (TPSA) is 123 Å². The maximum absolute atomic E-state index is 12.2. The molecule has 0 saturated heterocycles. The summed E-state index contributed by atoms with van der Waals surface area (Å²) in [5.74, 6) is -0.336. The Balaban J connectivity index is 2.53. The van der Waals surface area contributed by atoms with Crippen LogP contribution in [-0.2, 0) is 11.3 Å². The van der Waals surface area contributed by atoms with Gasteiger partial charge in [-0.3, -0.25) is 29.5 Å². The van der Waals surface area contributed by atoms with Gasteiger partial charge in [0.05, 0.1) is 29.5 Å². The number of hydrogen-bond donors (Lipinski definition) is 2. The second-order valence-corrected chi connectivity index (χ2v) is 5.46. The number of nitrogens with one attached hydrogen (secondary N) is 1. The summed E-state index contributed by atoms with van der Waals surface area (Å²) < 4.78 is 6.34. The number of ether oxygens (including phenoxy) is 1. The smallest absolute Gasteiger partial charge is 0.271 e. The summed E-state index contributed by atoms with van der Waals surface area (Å²) in [5.41, 5.74) is -0.292. The number of aromatic nitrogens is 2. The molecule has 9 nitrogen and oxygen atoms in total. The zero-order valence-electron chi connectivity index (χ0n) is 13.6. The van der Waals surface area contributed by atoms with Gasteiger partial charge < -0.3 is 9.84 Å². The molecule has 0 aliphatic heterocycles. The molecule has 0 atom stereocenters. The molecule has 0 amide bonds. The Labute approximate surface area is 147 Å². The van der Waals surface area contributed by atoms with E-state index in [1.807, 2.05) is 0 Å². The van der Waals surface area contributed by atoms with E-state index in [0.717, 1.165) is 0 Å². The van der Waals surface area contributed by atoms with Crippen LogP contribution in [0.4, 0.5) is 11.4 Å². The van der Waals surface area contributed by atoms with Crippen LogP contribution in [0.5, 0.6) is 5.88 Å². The molecule has 1 aromatic carbocycles. The van der Waals surface area contributed by atoms with E-state index in [0.29, 0.717) is 0 Å². The minimum absolute atomic E-state index is 0.0591. The third kappa shape index (κ3) is 4.17. The number of nitro groups is 1. The highest BCUT2D eigenvalue weighted by Gasteiger charge is 2.16. The lowest BCUT2D eigenvalue weighted by Gasteiger charge is -2.12. The molecule has 1 aromatic heterocycles.